The molecule has 1 amide bonds. The van der Waals surface area contributed by atoms with Crippen molar-refractivity contribution in [3.8, 4) is 11.5 Å². The van der Waals surface area contributed by atoms with Crippen molar-refractivity contribution in [1.82, 2.24) is 20.4 Å². The molecule has 6 nitrogen and oxygen atoms in total. The zero-order valence-corrected chi connectivity index (χ0v) is 11.3. The molecule has 0 aliphatic carbocycles. The molecule has 0 radical (unpaired) electrons. The van der Waals surface area contributed by atoms with Gasteiger partial charge in [-0.25, -0.2) is 0 Å². The molecule has 10 heteroatoms. The van der Waals surface area contributed by atoms with Gasteiger partial charge in [0.2, 0.25) is 17.6 Å². The van der Waals surface area contributed by atoms with Gasteiger partial charge in [-0.1, -0.05) is 16.8 Å². The van der Waals surface area contributed by atoms with Gasteiger partial charge in [-0.15, -0.1) is 0 Å². The molecule has 21 heavy (non-hydrogen) atoms. The highest BCUT2D eigenvalue weighted by atomic mass is 35.5. The van der Waals surface area contributed by atoms with Crippen LogP contribution < -0.4 is 5.32 Å². The first-order valence-electron chi connectivity index (χ1n) is 5.57. The summed E-state index contributed by atoms with van der Waals surface area (Å²) >= 11 is 5.75. The minimum atomic E-state index is -4.54. The van der Waals surface area contributed by atoms with Crippen LogP contribution in [0.3, 0.4) is 0 Å². The minimum absolute atomic E-state index is 0.000582. The lowest BCUT2D eigenvalue weighted by Gasteiger charge is -2.07. The van der Waals surface area contributed by atoms with E-state index in [-0.39, 0.29) is 34.9 Å². The standard InChI is InChI=1S/C11H8ClF3N4O2/c1-5(20)16-4-8-18-10(19-21-8)9-7(12)2-6(3-17-9)11(13,14)15/h2-3H,4H2,1H3,(H,16,20). The number of hydrogen-bond donors (Lipinski definition) is 1. The van der Waals surface area contributed by atoms with E-state index in [1.807, 2.05) is 0 Å². The van der Waals surface area contributed by atoms with Crippen molar-refractivity contribution in [1.29, 1.82) is 0 Å². The average molecular weight is 321 g/mol. The molecule has 2 rings (SSSR count). The largest absolute Gasteiger partial charge is 0.417 e. The Labute approximate surface area is 121 Å². The number of carbonyl (C=O) groups excluding carboxylic acids is 1. The van der Waals surface area contributed by atoms with Gasteiger partial charge in [-0.05, 0) is 6.07 Å². The maximum absolute atomic E-state index is 12.5. The molecule has 0 aromatic carbocycles. The van der Waals surface area contributed by atoms with Crippen molar-refractivity contribution in [3.05, 3.63) is 28.7 Å². The predicted octanol–water partition coefficient (Wildman–Crippen LogP) is 2.44. The molecule has 0 aliphatic heterocycles. The average Bonchev–Trinajstić information content (AvgIpc) is 2.83. The van der Waals surface area contributed by atoms with E-state index in [0.29, 0.717) is 6.20 Å². The quantitative estimate of drug-likeness (QED) is 0.939. The first kappa shape index (κ1) is 15.2. The van der Waals surface area contributed by atoms with Crippen LogP contribution in [0, 0.1) is 0 Å². The number of halogens is 4. The number of aromatic nitrogens is 3. The monoisotopic (exact) mass is 320 g/mol. The maximum atomic E-state index is 12.5. The fourth-order valence-electron chi connectivity index (χ4n) is 1.38. The SMILES string of the molecule is CC(=O)NCc1nc(-c2ncc(C(F)(F)F)cc2Cl)no1. The van der Waals surface area contributed by atoms with Gasteiger partial charge in [0, 0.05) is 13.1 Å². The van der Waals surface area contributed by atoms with E-state index in [2.05, 4.69) is 20.4 Å². The third kappa shape index (κ3) is 3.69. The molecule has 0 saturated heterocycles. The van der Waals surface area contributed by atoms with E-state index in [1.54, 1.807) is 0 Å². The van der Waals surface area contributed by atoms with E-state index in [9.17, 15) is 18.0 Å². The van der Waals surface area contributed by atoms with Gasteiger partial charge < -0.3 is 9.84 Å². The Bertz CT molecular complexity index is 672. The first-order valence-corrected chi connectivity index (χ1v) is 5.95. The molecular formula is C11H8ClF3N4O2. The Kier molecular flexibility index (Phi) is 4.12. The highest BCUT2D eigenvalue weighted by Crippen LogP contribution is 2.33. The molecule has 112 valence electrons. The fraction of sp³-hybridized carbons (Fsp3) is 0.273. The molecule has 0 aliphatic rings. The van der Waals surface area contributed by atoms with Gasteiger partial charge >= 0.3 is 6.18 Å². The Morgan fingerprint density at radius 2 is 2.19 bits per heavy atom. The van der Waals surface area contributed by atoms with Crippen LogP contribution in [-0.4, -0.2) is 21.0 Å². The molecule has 2 aromatic heterocycles. The maximum Gasteiger partial charge on any atom is 0.417 e. The van der Waals surface area contributed by atoms with Crippen LogP contribution in [0.4, 0.5) is 13.2 Å². The summed E-state index contributed by atoms with van der Waals surface area (Å²) in [6.45, 7) is 1.31. The molecule has 2 heterocycles. The van der Waals surface area contributed by atoms with E-state index >= 15 is 0 Å². The summed E-state index contributed by atoms with van der Waals surface area (Å²) < 4.78 is 42.3. The van der Waals surface area contributed by atoms with Crippen LogP contribution in [0.2, 0.25) is 5.02 Å². The first-order chi connectivity index (χ1) is 9.77. The van der Waals surface area contributed by atoms with Gasteiger partial charge in [0.1, 0.15) is 5.69 Å². The van der Waals surface area contributed by atoms with Gasteiger partial charge in [0.25, 0.3) is 0 Å². The summed E-state index contributed by atoms with van der Waals surface area (Å²) in [6.07, 6.45) is -3.91. The number of nitrogens with one attached hydrogen (secondary N) is 1. The summed E-state index contributed by atoms with van der Waals surface area (Å²) in [5.74, 6) is -0.271. The molecule has 0 atom stereocenters. The lowest BCUT2D eigenvalue weighted by Crippen LogP contribution is -2.19. The lowest BCUT2D eigenvalue weighted by atomic mass is 10.2. The lowest BCUT2D eigenvalue weighted by molar-refractivity contribution is -0.137. The molecule has 0 bridgehead atoms. The molecule has 0 fully saturated rings. The fourth-order valence-corrected chi connectivity index (χ4v) is 1.63. The second-order valence-electron chi connectivity index (χ2n) is 3.97. The number of carbonyl (C=O) groups is 1. The highest BCUT2D eigenvalue weighted by molar-refractivity contribution is 6.32. The third-order valence-electron chi connectivity index (χ3n) is 2.34. The zero-order valence-electron chi connectivity index (χ0n) is 10.5. The molecular weight excluding hydrogens is 313 g/mol. The second-order valence-corrected chi connectivity index (χ2v) is 4.38. The topological polar surface area (TPSA) is 80.9 Å². The van der Waals surface area contributed by atoms with Crippen LogP contribution in [0.25, 0.3) is 11.5 Å². The van der Waals surface area contributed by atoms with Crippen LogP contribution in [0.15, 0.2) is 16.8 Å². The van der Waals surface area contributed by atoms with Gasteiger partial charge in [-0.3, -0.25) is 9.78 Å². The predicted molar refractivity (Wildman–Crippen MR) is 65.1 cm³/mol. The van der Waals surface area contributed by atoms with E-state index < -0.39 is 11.7 Å². The van der Waals surface area contributed by atoms with Crippen molar-refractivity contribution < 1.29 is 22.5 Å². The van der Waals surface area contributed by atoms with Crippen molar-refractivity contribution in [2.45, 2.75) is 19.6 Å². The summed E-state index contributed by atoms with van der Waals surface area (Å²) in [6, 6.07) is 0.730. The Morgan fingerprint density at radius 1 is 1.48 bits per heavy atom. The zero-order chi connectivity index (χ0) is 15.6. The van der Waals surface area contributed by atoms with Crippen LogP contribution in [-0.2, 0) is 17.5 Å². The normalized spacial score (nSPS) is 11.5. The smallest absolute Gasteiger partial charge is 0.347 e. The van der Waals surface area contributed by atoms with E-state index in [1.165, 1.54) is 6.92 Å². The van der Waals surface area contributed by atoms with Crippen molar-refractivity contribution >= 4 is 17.5 Å². The van der Waals surface area contributed by atoms with Crippen molar-refractivity contribution in [2.24, 2.45) is 0 Å². The molecule has 0 spiro atoms. The Balaban J connectivity index is 2.24. The highest BCUT2D eigenvalue weighted by Gasteiger charge is 2.32. The number of nitrogens with zero attached hydrogens (tertiary/aromatic N) is 3. The van der Waals surface area contributed by atoms with Gasteiger partial charge in [0.05, 0.1) is 17.1 Å². The summed E-state index contributed by atoms with van der Waals surface area (Å²) in [5.41, 5.74) is -1.01. The van der Waals surface area contributed by atoms with E-state index in [0.717, 1.165) is 6.07 Å². The number of alkyl halides is 3. The number of amides is 1. The van der Waals surface area contributed by atoms with Gasteiger partial charge in [0.15, 0.2) is 0 Å². The van der Waals surface area contributed by atoms with Crippen molar-refractivity contribution in [3.63, 3.8) is 0 Å². The summed E-state index contributed by atoms with van der Waals surface area (Å²) in [4.78, 5) is 18.2. The van der Waals surface area contributed by atoms with Crippen molar-refractivity contribution in [2.75, 3.05) is 0 Å². The third-order valence-corrected chi connectivity index (χ3v) is 2.63. The summed E-state index contributed by atoms with van der Waals surface area (Å²) in [7, 11) is 0. The summed E-state index contributed by atoms with van der Waals surface area (Å²) in [5, 5.41) is 5.73. The minimum Gasteiger partial charge on any atom is -0.347 e. The molecule has 0 unspecified atom stereocenters. The molecule has 0 saturated carbocycles. The van der Waals surface area contributed by atoms with E-state index in [4.69, 9.17) is 16.1 Å². The van der Waals surface area contributed by atoms with Crippen LogP contribution in [0.5, 0.6) is 0 Å². The Morgan fingerprint density at radius 3 is 2.76 bits per heavy atom. The van der Waals surface area contributed by atoms with Gasteiger partial charge in [-0.2, -0.15) is 18.2 Å². The van der Waals surface area contributed by atoms with Crippen LogP contribution >= 0.6 is 11.6 Å². The molecule has 2 aromatic rings. The Hall–Kier alpha value is -2.16. The molecule has 1 N–H and O–H groups in total. The number of hydrogen-bond acceptors (Lipinski definition) is 5. The second kappa shape index (κ2) is 5.68. The number of pyridine rings is 1. The number of rotatable bonds is 3. The van der Waals surface area contributed by atoms with Crippen LogP contribution in [0.1, 0.15) is 18.4 Å².